The minimum absolute atomic E-state index is 0.0203. The molecule has 3 rings (SSSR count). The average molecular weight is 541 g/mol. The van der Waals surface area contributed by atoms with Gasteiger partial charge in [0.05, 0.1) is 16.8 Å². The van der Waals surface area contributed by atoms with E-state index < -0.39 is 28.3 Å². The molecule has 0 spiro atoms. The summed E-state index contributed by atoms with van der Waals surface area (Å²) < 4.78 is 46.3. The molecule has 0 saturated heterocycles. The van der Waals surface area contributed by atoms with Crippen molar-refractivity contribution in [2.45, 2.75) is 31.7 Å². The minimum atomic E-state index is -4.17. The first-order chi connectivity index (χ1) is 18.0. The van der Waals surface area contributed by atoms with Crippen molar-refractivity contribution in [3.63, 3.8) is 0 Å². The molecule has 0 heterocycles. The van der Waals surface area contributed by atoms with Crippen LogP contribution in [0.5, 0.6) is 5.75 Å². The van der Waals surface area contributed by atoms with Gasteiger partial charge >= 0.3 is 0 Å². The molecule has 0 fully saturated rings. The molecule has 0 bridgehead atoms. The fraction of sp³-hybridized carbons (Fsp3) is 0.222. The summed E-state index contributed by atoms with van der Waals surface area (Å²) in [4.78, 5) is 24.2. The molecule has 2 N–H and O–H groups in total. The van der Waals surface area contributed by atoms with Crippen LogP contribution in [-0.2, 0) is 19.6 Å². The lowest BCUT2D eigenvalue weighted by atomic mass is 10.2. The van der Waals surface area contributed by atoms with Gasteiger partial charge in [0.25, 0.3) is 21.8 Å². The fourth-order valence-corrected chi connectivity index (χ4v) is 4.69. The smallest absolute Gasteiger partial charge is 0.264 e. The van der Waals surface area contributed by atoms with E-state index in [-0.39, 0.29) is 29.1 Å². The number of rotatable bonds is 11. The number of ether oxygens (including phenoxy) is 1. The Balaban J connectivity index is 1.66. The van der Waals surface area contributed by atoms with E-state index in [1.807, 2.05) is 20.8 Å². The first-order valence-corrected chi connectivity index (χ1v) is 13.2. The van der Waals surface area contributed by atoms with E-state index in [2.05, 4.69) is 15.8 Å². The van der Waals surface area contributed by atoms with Gasteiger partial charge in [-0.1, -0.05) is 17.7 Å². The molecular weight excluding hydrogens is 511 g/mol. The van der Waals surface area contributed by atoms with E-state index in [1.165, 1.54) is 6.21 Å². The summed E-state index contributed by atoms with van der Waals surface area (Å²) >= 11 is 0. The maximum atomic E-state index is 13.4. The highest BCUT2D eigenvalue weighted by atomic mass is 32.2. The molecule has 0 aliphatic rings. The topological polar surface area (TPSA) is 117 Å². The number of carbonyl (C=O) groups excluding carboxylic acids is 2. The number of nitrogens with one attached hydrogen (secondary N) is 2. The standard InChI is InChI=1S/C27H29FN4O5S/c1-19(2)30-27(34)18-37-24-12-6-21(7-13-24)16-29-31-26(33)17-32(23-10-4-20(3)5-11-23)38(35,36)25-14-8-22(28)9-15-25/h4-16,19H,17-18H2,1-3H3,(H,30,34)(H,31,33)/b29-16-. The average Bonchev–Trinajstić information content (AvgIpc) is 2.87. The van der Waals surface area contributed by atoms with Gasteiger partial charge in [0.1, 0.15) is 18.1 Å². The number of benzene rings is 3. The van der Waals surface area contributed by atoms with Gasteiger partial charge in [-0.2, -0.15) is 5.10 Å². The van der Waals surface area contributed by atoms with Gasteiger partial charge in [-0.15, -0.1) is 0 Å². The molecule has 2 amide bonds. The third kappa shape index (κ3) is 8.13. The monoisotopic (exact) mass is 540 g/mol. The largest absolute Gasteiger partial charge is 0.484 e. The third-order valence-electron chi connectivity index (χ3n) is 5.11. The van der Waals surface area contributed by atoms with E-state index in [1.54, 1.807) is 48.5 Å². The molecule has 0 aliphatic heterocycles. The number of anilines is 1. The maximum absolute atomic E-state index is 13.4. The predicted octanol–water partition coefficient (Wildman–Crippen LogP) is 3.38. The van der Waals surface area contributed by atoms with Crippen molar-refractivity contribution in [2.75, 3.05) is 17.5 Å². The molecule has 11 heteroatoms. The Kier molecular flexibility index (Phi) is 9.55. The molecule has 0 unspecified atom stereocenters. The summed E-state index contributed by atoms with van der Waals surface area (Å²) in [7, 11) is -4.17. The molecule has 9 nitrogen and oxygen atoms in total. The van der Waals surface area contributed by atoms with Gasteiger partial charge in [0.2, 0.25) is 0 Å². The SMILES string of the molecule is Cc1ccc(N(CC(=O)N/N=C\c2ccc(OCC(=O)NC(C)C)cc2)S(=O)(=O)c2ccc(F)cc2)cc1. The van der Waals surface area contributed by atoms with Gasteiger partial charge in [-0.05, 0) is 87.0 Å². The highest BCUT2D eigenvalue weighted by Gasteiger charge is 2.27. The Labute approximate surface area is 221 Å². The van der Waals surface area contributed by atoms with Crippen molar-refractivity contribution in [2.24, 2.45) is 5.10 Å². The van der Waals surface area contributed by atoms with Gasteiger partial charge in [0.15, 0.2) is 6.61 Å². The lowest BCUT2D eigenvalue weighted by molar-refractivity contribution is -0.123. The van der Waals surface area contributed by atoms with Crippen LogP contribution in [0.4, 0.5) is 10.1 Å². The fourth-order valence-electron chi connectivity index (χ4n) is 3.27. The maximum Gasteiger partial charge on any atom is 0.264 e. The van der Waals surface area contributed by atoms with Gasteiger partial charge in [-0.25, -0.2) is 18.2 Å². The highest BCUT2D eigenvalue weighted by Crippen LogP contribution is 2.24. The van der Waals surface area contributed by atoms with Crippen molar-refractivity contribution >= 4 is 33.7 Å². The summed E-state index contributed by atoms with van der Waals surface area (Å²) in [6.07, 6.45) is 1.39. The molecule has 0 aromatic heterocycles. The normalized spacial score (nSPS) is 11.4. The second-order valence-electron chi connectivity index (χ2n) is 8.67. The second kappa shape index (κ2) is 12.8. The van der Waals surface area contributed by atoms with E-state index in [9.17, 15) is 22.4 Å². The van der Waals surface area contributed by atoms with Crippen LogP contribution in [0.1, 0.15) is 25.0 Å². The molecule has 0 saturated carbocycles. The molecule has 3 aromatic rings. The van der Waals surface area contributed by atoms with Crippen LogP contribution in [-0.4, -0.2) is 45.6 Å². The molecule has 0 aliphatic carbocycles. The first kappa shape index (κ1) is 28.3. The Bertz CT molecular complexity index is 1370. The molecule has 200 valence electrons. The van der Waals surface area contributed by atoms with Crippen LogP contribution in [0.15, 0.2) is 82.8 Å². The lowest BCUT2D eigenvalue weighted by Crippen LogP contribution is -2.39. The van der Waals surface area contributed by atoms with Crippen molar-refractivity contribution < 1.29 is 27.1 Å². The second-order valence-corrected chi connectivity index (χ2v) is 10.5. The zero-order valence-electron chi connectivity index (χ0n) is 21.2. The van der Waals surface area contributed by atoms with Crippen LogP contribution in [0.3, 0.4) is 0 Å². The molecular formula is C27H29FN4O5S. The van der Waals surface area contributed by atoms with E-state index >= 15 is 0 Å². The van der Waals surface area contributed by atoms with Crippen molar-refractivity contribution in [3.05, 3.63) is 89.7 Å². The Morgan fingerprint density at radius 2 is 1.61 bits per heavy atom. The van der Waals surface area contributed by atoms with Crippen LogP contribution >= 0.6 is 0 Å². The zero-order valence-corrected chi connectivity index (χ0v) is 22.0. The number of sulfonamides is 1. The number of carbonyl (C=O) groups is 2. The Morgan fingerprint density at radius 1 is 0.974 bits per heavy atom. The summed E-state index contributed by atoms with van der Waals surface area (Å²) in [5.74, 6) is -0.989. The zero-order chi connectivity index (χ0) is 27.7. The van der Waals surface area contributed by atoms with E-state index in [0.717, 1.165) is 34.1 Å². The van der Waals surface area contributed by atoms with Crippen LogP contribution < -0.4 is 19.8 Å². The van der Waals surface area contributed by atoms with Gasteiger partial charge < -0.3 is 10.1 Å². The molecule has 0 atom stereocenters. The number of hydrazone groups is 1. The molecule has 3 aromatic carbocycles. The van der Waals surface area contributed by atoms with Crippen LogP contribution in [0.25, 0.3) is 0 Å². The molecule has 0 radical (unpaired) electrons. The molecule has 38 heavy (non-hydrogen) atoms. The summed E-state index contributed by atoms with van der Waals surface area (Å²) in [6.45, 7) is 4.91. The number of hydrogen-bond acceptors (Lipinski definition) is 6. The number of halogens is 1. The van der Waals surface area contributed by atoms with Gasteiger partial charge in [-0.3, -0.25) is 13.9 Å². The van der Waals surface area contributed by atoms with Crippen molar-refractivity contribution in [3.8, 4) is 5.75 Å². The van der Waals surface area contributed by atoms with Gasteiger partial charge in [0, 0.05) is 6.04 Å². The Morgan fingerprint density at radius 3 is 2.21 bits per heavy atom. The highest BCUT2D eigenvalue weighted by molar-refractivity contribution is 7.92. The number of amides is 2. The van der Waals surface area contributed by atoms with E-state index in [4.69, 9.17) is 4.74 Å². The minimum Gasteiger partial charge on any atom is -0.484 e. The van der Waals surface area contributed by atoms with Crippen molar-refractivity contribution in [1.29, 1.82) is 0 Å². The van der Waals surface area contributed by atoms with E-state index in [0.29, 0.717) is 11.3 Å². The first-order valence-electron chi connectivity index (χ1n) is 11.7. The lowest BCUT2D eigenvalue weighted by Gasteiger charge is -2.23. The summed E-state index contributed by atoms with van der Waals surface area (Å²) in [5, 5.41) is 6.63. The summed E-state index contributed by atoms with van der Waals surface area (Å²) in [6, 6.07) is 17.7. The number of nitrogens with zero attached hydrogens (tertiary/aromatic N) is 2. The Hall–Kier alpha value is -4.25. The van der Waals surface area contributed by atoms with Crippen LogP contribution in [0.2, 0.25) is 0 Å². The summed E-state index contributed by atoms with van der Waals surface area (Å²) in [5.41, 5.74) is 4.15. The number of aryl methyl sites for hydroxylation is 1. The van der Waals surface area contributed by atoms with Crippen molar-refractivity contribution in [1.82, 2.24) is 10.7 Å². The predicted molar refractivity (Wildman–Crippen MR) is 143 cm³/mol. The van der Waals surface area contributed by atoms with Crippen LogP contribution in [0, 0.1) is 12.7 Å². The quantitative estimate of drug-likeness (QED) is 0.286. The third-order valence-corrected chi connectivity index (χ3v) is 6.90. The number of hydrogen-bond donors (Lipinski definition) is 2.